The predicted molar refractivity (Wildman–Crippen MR) is 63.5 cm³/mol. The summed E-state index contributed by atoms with van der Waals surface area (Å²) in [4.78, 5) is 21.5. The van der Waals surface area contributed by atoms with E-state index < -0.39 is 11.0 Å². The molecule has 0 unspecified atom stereocenters. The second kappa shape index (κ2) is 5.95. The summed E-state index contributed by atoms with van der Waals surface area (Å²) < 4.78 is 0. The number of hydrogen-bond acceptors (Lipinski definition) is 4. The highest BCUT2D eigenvalue weighted by Crippen LogP contribution is 2.17. The van der Waals surface area contributed by atoms with E-state index in [9.17, 15) is 14.9 Å². The fourth-order valence-corrected chi connectivity index (χ4v) is 1.38. The summed E-state index contributed by atoms with van der Waals surface area (Å²) in [6.07, 6.45) is 0.412. The number of para-hydroxylation sites is 1. The third-order valence-corrected chi connectivity index (χ3v) is 2.30. The summed E-state index contributed by atoms with van der Waals surface area (Å²) in [7, 11) is 0. The van der Waals surface area contributed by atoms with E-state index in [2.05, 4.69) is 5.32 Å². The molecule has 0 fully saturated rings. The third-order valence-electron chi connectivity index (χ3n) is 2.30. The van der Waals surface area contributed by atoms with E-state index in [0.29, 0.717) is 18.5 Å². The van der Waals surface area contributed by atoms with Crippen LogP contribution in [-0.4, -0.2) is 23.4 Å². The van der Waals surface area contributed by atoms with E-state index in [4.69, 9.17) is 5.73 Å². The first-order valence-corrected chi connectivity index (χ1v) is 5.28. The van der Waals surface area contributed by atoms with Crippen LogP contribution in [0.15, 0.2) is 24.3 Å². The maximum Gasteiger partial charge on any atom is 0.272 e. The van der Waals surface area contributed by atoms with Crippen LogP contribution in [0.2, 0.25) is 0 Å². The van der Waals surface area contributed by atoms with Crippen LogP contribution < -0.4 is 11.1 Å². The Morgan fingerprint density at radius 1 is 1.53 bits per heavy atom. The molecular weight excluding hydrogens is 222 g/mol. The molecule has 1 atom stereocenters. The summed E-state index contributed by atoms with van der Waals surface area (Å²) in [6.45, 7) is 1.92. The molecule has 6 nitrogen and oxygen atoms in total. The summed E-state index contributed by atoms with van der Waals surface area (Å²) in [6, 6.07) is 5.90. The number of amides is 1. The van der Waals surface area contributed by atoms with Gasteiger partial charge in [0, 0.05) is 18.2 Å². The highest BCUT2D eigenvalue weighted by Gasteiger charge is 2.12. The Balaban J connectivity index is 2.58. The van der Waals surface area contributed by atoms with E-state index in [1.807, 2.05) is 0 Å². The molecule has 17 heavy (non-hydrogen) atoms. The molecule has 1 aromatic carbocycles. The summed E-state index contributed by atoms with van der Waals surface area (Å²) >= 11 is 0. The normalized spacial score (nSPS) is 11.9. The Bertz CT molecular complexity index is 418. The van der Waals surface area contributed by atoms with Crippen molar-refractivity contribution in [3.63, 3.8) is 0 Å². The van der Waals surface area contributed by atoms with Crippen molar-refractivity contribution in [1.29, 1.82) is 0 Å². The average Bonchev–Trinajstić information content (AvgIpc) is 2.29. The highest BCUT2D eigenvalue weighted by molar-refractivity contribution is 5.80. The van der Waals surface area contributed by atoms with Crippen LogP contribution in [0, 0.1) is 10.1 Å². The fraction of sp³-hybridized carbons (Fsp3) is 0.364. The molecule has 0 heterocycles. The number of nitrogens with one attached hydrogen (secondary N) is 1. The molecule has 0 aromatic heterocycles. The number of carbonyl (C=O) groups is 1. The maximum atomic E-state index is 11.2. The lowest BCUT2D eigenvalue weighted by atomic mass is 10.1. The lowest BCUT2D eigenvalue weighted by Crippen LogP contribution is -2.39. The summed E-state index contributed by atoms with van der Waals surface area (Å²) in [5.41, 5.74) is 6.04. The number of hydrogen-bond donors (Lipinski definition) is 2. The number of nitrogens with two attached hydrogens (primary N) is 1. The smallest absolute Gasteiger partial charge is 0.272 e. The highest BCUT2D eigenvalue weighted by atomic mass is 16.6. The Kier molecular flexibility index (Phi) is 4.59. The molecule has 0 aliphatic heterocycles. The van der Waals surface area contributed by atoms with Crippen LogP contribution in [0.25, 0.3) is 0 Å². The SMILES string of the molecule is C[C@@H](N)C(=O)NCCc1ccccc1[N+](=O)[O-]. The van der Waals surface area contributed by atoms with Crippen LogP contribution in [0.4, 0.5) is 5.69 Å². The molecule has 92 valence electrons. The van der Waals surface area contributed by atoms with Gasteiger partial charge in [0.1, 0.15) is 0 Å². The molecule has 3 N–H and O–H groups in total. The van der Waals surface area contributed by atoms with Crippen molar-refractivity contribution in [2.45, 2.75) is 19.4 Å². The van der Waals surface area contributed by atoms with Crippen molar-refractivity contribution in [3.8, 4) is 0 Å². The average molecular weight is 237 g/mol. The van der Waals surface area contributed by atoms with Gasteiger partial charge in [-0.2, -0.15) is 0 Å². The molecule has 0 aliphatic carbocycles. The molecule has 6 heteroatoms. The van der Waals surface area contributed by atoms with E-state index in [1.165, 1.54) is 6.07 Å². The van der Waals surface area contributed by atoms with E-state index in [-0.39, 0.29) is 11.6 Å². The van der Waals surface area contributed by atoms with Crippen molar-refractivity contribution < 1.29 is 9.72 Å². The van der Waals surface area contributed by atoms with E-state index in [1.54, 1.807) is 25.1 Å². The van der Waals surface area contributed by atoms with Crippen molar-refractivity contribution in [1.82, 2.24) is 5.32 Å². The zero-order valence-electron chi connectivity index (χ0n) is 9.55. The van der Waals surface area contributed by atoms with Gasteiger partial charge in [0.25, 0.3) is 5.69 Å². The van der Waals surface area contributed by atoms with E-state index >= 15 is 0 Å². The topological polar surface area (TPSA) is 98.3 Å². The van der Waals surface area contributed by atoms with Crippen molar-refractivity contribution in [2.24, 2.45) is 5.73 Å². The minimum Gasteiger partial charge on any atom is -0.354 e. The van der Waals surface area contributed by atoms with Gasteiger partial charge in [-0.1, -0.05) is 18.2 Å². The molecule has 0 bridgehead atoms. The van der Waals surface area contributed by atoms with Crippen molar-refractivity contribution >= 4 is 11.6 Å². The van der Waals surface area contributed by atoms with Gasteiger partial charge in [0.2, 0.25) is 5.91 Å². The Labute approximate surface area is 99.0 Å². The predicted octanol–water partition coefficient (Wildman–Crippen LogP) is 0.601. The molecule has 0 saturated heterocycles. The minimum atomic E-state index is -0.569. The molecule has 1 amide bonds. The van der Waals surface area contributed by atoms with Gasteiger partial charge in [0.15, 0.2) is 0 Å². The largest absolute Gasteiger partial charge is 0.354 e. The van der Waals surface area contributed by atoms with Gasteiger partial charge in [-0.15, -0.1) is 0 Å². The third kappa shape index (κ3) is 3.84. The molecule has 0 spiro atoms. The molecule has 0 saturated carbocycles. The van der Waals surface area contributed by atoms with E-state index in [0.717, 1.165) is 0 Å². The first-order chi connectivity index (χ1) is 8.02. The van der Waals surface area contributed by atoms with Crippen LogP contribution >= 0.6 is 0 Å². The minimum absolute atomic E-state index is 0.0718. The van der Waals surface area contributed by atoms with Crippen LogP contribution in [0.3, 0.4) is 0 Å². The van der Waals surface area contributed by atoms with Gasteiger partial charge >= 0.3 is 0 Å². The van der Waals surface area contributed by atoms with Crippen LogP contribution in [0.5, 0.6) is 0 Å². The Morgan fingerprint density at radius 2 is 2.18 bits per heavy atom. The number of nitro groups is 1. The molecule has 1 rings (SSSR count). The monoisotopic (exact) mass is 237 g/mol. The quantitative estimate of drug-likeness (QED) is 0.578. The van der Waals surface area contributed by atoms with Gasteiger partial charge < -0.3 is 11.1 Å². The molecular formula is C11H15N3O3. The second-order valence-corrected chi connectivity index (χ2v) is 3.72. The van der Waals surface area contributed by atoms with Gasteiger partial charge in [-0.05, 0) is 13.3 Å². The first-order valence-electron chi connectivity index (χ1n) is 5.28. The van der Waals surface area contributed by atoms with Gasteiger partial charge in [-0.3, -0.25) is 14.9 Å². The number of nitro benzene ring substituents is 1. The fourth-order valence-electron chi connectivity index (χ4n) is 1.38. The van der Waals surface area contributed by atoms with Gasteiger partial charge in [0.05, 0.1) is 11.0 Å². The molecule has 1 aromatic rings. The maximum absolute atomic E-state index is 11.2. The number of nitrogens with zero attached hydrogens (tertiary/aromatic N) is 1. The first kappa shape index (κ1) is 13.1. The van der Waals surface area contributed by atoms with Crippen molar-refractivity contribution in [3.05, 3.63) is 39.9 Å². The summed E-state index contributed by atoms with van der Waals surface area (Å²) in [5, 5.41) is 13.3. The Hall–Kier alpha value is -1.95. The number of rotatable bonds is 5. The number of benzene rings is 1. The zero-order valence-corrected chi connectivity index (χ0v) is 9.55. The Morgan fingerprint density at radius 3 is 2.76 bits per heavy atom. The number of carbonyl (C=O) groups excluding carboxylic acids is 1. The lowest BCUT2D eigenvalue weighted by molar-refractivity contribution is -0.385. The standard InChI is InChI=1S/C11H15N3O3/c1-8(12)11(15)13-7-6-9-4-2-3-5-10(9)14(16)17/h2-5,8H,6-7,12H2,1H3,(H,13,15)/t8-/m1/s1. The summed E-state index contributed by atoms with van der Waals surface area (Å²) in [5.74, 6) is -0.261. The lowest BCUT2D eigenvalue weighted by Gasteiger charge is -2.07. The molecule has 0 radical (unpaired) electrons. The zero-order chi connectivity index (χ0) is 12.8. The van der Waals surface area contributed by atoms with Crippen LogP contribution in [-0.2, 0) is 11.2 Å². The van der Waals surface area contributed by atoms with Crippen molar-refractivity contribution in [2.75, 3.05) is 6.54 Å². The molecule has 0 aliphatic rings. The van der Waals surface area contributed by atoms with Crippen LogP contribution in [0.1, 0.15) is 12.5 Å². The second-order valence-electron chi connectivity index (χ2n) is 3.72. The van der Waals surface area contributed by atoms with Gasteiger partial charge in [-0.25, -0.2) is 0 Å².